The molecule has 0 aromatic carbocycles. The summed E-state index contributed by atoms with van der Waals surface area (Å²) in [6.07, 6.45) is 17.0. The second kappa shape index (κ2) is 17.0. The molecule has 0 radical (unpaired) electrons. The number of carbonyl (C=O) groups is 1. The van der Waals surface area contributed by atoms with Gasteiger partial charge in [0.15, 0.2) is 0 Å². The molecule has 0 fully saturated rings. The van der Waals surface area contributed by atoms with Crippen molar-refractivity contribution in [3.8, 4) is 0 Å². The van der Waals surface area contributed by atoms with Crippen LogP contribution in [0.5, 0.6) is 0 Å². The minimum atomic E-state index is -2.54. The number of rotatable bonds is 16. The van der Waals surface area contributed by atoms with Crippen LogP contribution < -0.4 is 0 Å². The van der Waals surface area contributed by atoms with Crippen molar-refractivity contribution in [2.24, 2.45) is 0 Å². The second-order valence-electron chi connectivity index (χ2n) is 6.47. The molecule has 0 aromatic heterocycles. The average molecular weight is 343 g/mol. The minimum Gasteiger partial charge on any atom is -1.00 e. The van der Waals surface area contributed by atoms with Crippen LogP contribution in [0.15, 0.2) is 0 Å². The zero-order valence-corrected chi connectivity index (χ0v) is 16.5. The van der Waals surface area contributed by atoms with E-state index in [1.165, 1.54) is 64.2 Å². The van der Waals surface area contributed by atoms with Gasteiger partial charge in [0.1, 0.15) is 0 Å². The van der Waals surface area contributed by atoms with Crippen LogP contribution in [0.2, 0.25) is 0 Å². The summed E-state index contributed by atoms with van der Waals surface area (Å²) in [6.45, 7) is 2.25. The average Bonchev–Trinajstić information content (AvgIpc) is 2.47. The Hall–Kier alpha value is 0.156. The Kier molecular flexibility index (Phi) is 18.8. The largest absolute Gasteiger partial charge is 2.00 e. The summed E-state index contributed by atoms with van der Waals surface area (Å²) < 4.78 is 0. The normalized spacial score (nSPS) is 11.3. The number of carboxylic acids is 1. The second-order valence-corrected chi connectivity index (χ2v) is 6.47. The van der Waals surface area contributed by atoms with Gasteiger partial charge in [0.05, 0.1) is 0 Å². The van der Waals surface area contributed by atoms with E-state index in [1.54, 1.807) is 0 Å². The first-order chi connectivity index (χ1) is 10.5. The SMILES string of the molecule is CCCCCCCCCCCCCCCCC(O)(O)C(=O)O.[H-].[H-].[Mg+2]. The number of aliphatic hydroxyl groups is 2. The zero-order chi connectivity index (χ0) is 16.7. The van der Waals surface area contributed by atoms with Gasteiger partial charge in [-0.2, -0.15) is 0 Å². The summed E-state index contributed by atoms with van der Waals surface area (Å²) in [5, 5.41) is 26.8. The van der Waals surface area contributed by atoms with Crippen molar-refractivity contribution in [2.45, 2.75) is 109 Å². The summed E-state index contributed by atoms with van der Waals surface area (Å²) >= 11 is 0. The Bertz CT molecular complexity index is 280. The van der Waals surface area contributed by atoms with Crippen molar-refractivity contribution < 1.29 is 23.0 Å². The summed E-state index contributed by atoms with van der Waals surface area (Å²) in [5.41, 5.74) is 0. The molecule has 0 heterocycles. The number of aliphatic carboxylic acids is 1. The first-order valence-corrected chi connectivity index (χ1v) is 9.19. The fourth-order valence-electron chi connectivity index (χ4n) is 2.67. The molecule has 0 bridgehead atoms. The first kappa shape index (κ1) is 25.4. The number of carboxylic acid groups (broad SMARTS) is 1. The Labute approximate surface area is 161 Å². The first-order valence-electron chi connectivity index (χ1n) is 9.19. The van der Waals surface area contributed by atoms with Crippen LogP contribution in [-0.2, 0) is 4.79 Å². The topological polar surface area (TPSA) is 77.8 Å². The Balaban J connectivity index is -0.000000735. The van der Waals surface area contributed by atoms with Crippen LogP contribution in [0.3, 0.4) is 0 Å². The van der Waals surface area contributed by atoms with Crippen LogP contribution in [0.25, 0.3) is 0 Å². The molecule has 0 aliphatic heterocycles. The van der Waals surface area contributed by atoms with E-state index < -0.39 is 11.8 Å². The van der Waals surface area contributed by atoms with Gasteiger partial charge >= 0.3 is 29.0 Å². The van der Waals surface area contributed by atoms with Gasteiger partial charge in [-0.25, -0.2) is 4.79 Å². The summed E-state index contributed by atoms with van der Waals surface area (Å²) in [4.78, 5) is 10.5. The van der Waals surface area contributed by atoms with Crippen molar-refractivity contribution in [1.82, 2.24) is 0 Å². The number of hydrogen-bond donors (Lipinski definition) is 3. The molecule has 0 aromatic rings. The van der Waals surface area contributed by atoms with Crippen molar-refractivity contribution in [1.29, 1.82) is 0 Å². The standard InChI is InChI=1S/C18H36O4.Mg.2H/c1-2-3-4-5-6-7-8-9-10-11-12-13-14-15-16-18(21,22)17(19)20;;;/h21-22H,2-16H2,1H3,(H,19,20);;;/q;+2;2*-1. The molecule has 0 saturated heterocycles. The maximum Gasteiger partial charge on any atom is 2.00 e. The third kappa shape index (κ3) is 16.8. The maximum atomic E-state index is 10.5. The van der Waals surface area contributed by atoms with Gasteiger partial charge in [-0.3, -0.25) is 0 Å². The molecule has 5 heteroatoms. The van der Waals surface area contributed by atoms with Crippen molar-refractivity contribution in [3.05, 3.63) is 0 Å². The smallest absolute Gasteiger partial charge is 1.00 e. The molecule has 0 amide bonds. The van der Waals surface area contributed by atoms with Gasteiger partial charge in [0.25, 0.3) is 5.79 Å². The molecule has 0 saturated carbocycles. The fraction of sp³-hybridized carbons (Fsp3) is 0.944. The van der Waals surface area contributed by atoms with Crippen LogP contribution >= 0.6 is 0 Å². The van der Waals surface area contributed by atoms with Gasteiger partial charge in [-0.05, 0) is 6.42 Å². The van der Waals surface area contributed by atoms with Gasteiger partial charge in [0, 0.05) is 6.42 Å². The van der Waals surface area contributed by atoms with E-state index in [4.69, 9.17) is 15.3 Å². The Morgan fingerprint density at radius 1 is 0.739 bits per heavy atom. The van der Waals surface area contributed by atoms with Crippen LogP contribution in [0.1, 0.15) is 106 Å². The summed E-state index contributed by atoms with van der Waals surface area (Å²) in [6, 6.07) is 0. The van der Waals surface area contributed by atoms with Gasteiger partial charge < -0.3 is 18.2 Å². The summed E-state index contributed by atoms with van der Waals surface area (Å²) in [5.74, 6) is -4.10. The van der Waals surface area contributed by atoms with Gasteiger partial charge in [-0.15, -0.1) is 0 Å². The van der Waals surface area contributed by atoms with Crippen LogP contribution in [0.4, 0.5) is 0 Å². The van der Waals surface area contributed by atoms with Crippen molar-refractivity contribution >= 4 is 29.0 Å². The van der Waals surface area contributed by atoms with E-state index in [0.717, 1.165) is 19.3 Å². The van der Waals surface area contributed by atoms with Gasteiger partial charge in [0.2, 0.25) is 0 Å². The van der Waals surface area contributed by atoms with Crippen LogP contribution in [0, 0.1) is 0 Å². The number of hydrogen-bond acceptors (Lipinski definition) is 3. The fourth-order valence-corrected chi connectivity index (χ4v) is 2.67. The van der Waals surface area contributed by atoms with E-state index in [1.807, 2.05) is 0 Å². The third-order valence-corrected chi connectivity index (χ3v) is 4.22. The van der Waals surface area contributed by atoms with E-state index in [9.17, 15) is 4.79 Å². The quantitative estimate of drug-likeness (QED) is 0.220. The molecule has 4 nitrogen and oxygen atoms in total. The molecule has 0 aliphatic carbocycles. The predicted octanol–water partition coefficient (Wildman–Crippen LogP) is 4.47. The van der Waals surface area contributed by atoms with Crippen molar-refractivity contribution in [3.63, 3.8) is 0 Å². The molecule has 0 aliphatic rings. The molecule has 0 unspecified atom stereocenters. The Morgan fingerprint density at radius 2 is 1.04 bits per heavy atom. The molecular formula is C18H38MgO4. The van der Waals surface area contributed by atoms with Crippen molar-refractivity contribution in [2.75, 3.05) is 0 Å². The molecule has 0 spiro atoms. The molecule has 0 atom stereocenters. The summed E-state index contributed by atoms with van der Waals surface area (Å²) in [7, 11) is 0. The molecule has 3 N–H and O–H groups in total. The van der Waals surface area contributed by atoms with E-state index >= 15 is 0 Å². The van der Waals surface area contributed by atoms with Gasteiger partial charge in [-0.1, -0.05) is 90.4 Å². The molecule has 0 rings (SSSR count). The third-order valence-electron chi connectivity index (χ3n) is 4.22. The van der Waals surface area contributed by atoms with E-state index in [-0.39, 0.29) is 32.3 Å². The molecule has 136 valence electrons. The van der Waals surface area contributed by atoms with Crippen LogP contribution in [-0.4, -0.2) is 50.1 Å². The molecule has 23 heavy (non-hydrogen) atoms. The van der Waals surface area contributed by atoms with E-state index in [2.05, 4.69) is 6.92 Å². The number of unbranched alkanes of at least 4 members (excludes halogenated alkanes) is 13. The zero-order valence-electron chi connectivity index (χ0n) is 17.1. The monoisotopic (exact) mass is 342 g/mol. The predicted molar refractivity (Wildman–Crippen MR) is 97.7 cm³/mol. The molecular weight excluding hydrogens is 304 g/mol. The maximum absolute atomic E-state index is 10.5. The minimum absolute atomic E-state index is 0. The van der Waals surface area contributed by atoms with E-state index in [0.29, 0.717) is 6.42 Å². The Morgan fingerprint density at radius 3 is 1.35 bits per heavy atom.